The van der Waals surface area contributed by atoms with E-state index in [0.29, 0.717) is 25.2 Å². The van der Waals surface area contributed by atoms with E-state index in [2.05, 4.69) is 5.32 Å². The van der Waals surface area contributed by atoms with Crippen LogP contribution >= 0.6 is 0 Å². The van der Waals surface area contributed by atoms with Gasteiger partial charge in [0.25, 0.3) is 10.2 Å². The lowest BCUT2D eigenvalue weighted by molar-refractivity contribution is 0.257. The zero-order chi connectivity index (χ0) is 14.0. The van der Waals surface area contributed by atoms with Gasteiger partial charge in [0, 0.05) is 33.7 Å². The Morgan fingerprint density at radius 1 is 1.42 bits per heavy atom. The zero-order valence-electron chi connectivity index (χ0n) is 11.0. The number of rotatable bonds is 3. The van der Waals surface area contributed by atoms with E-state index < -0.39 is 10.2 Å². The average Bonchev–Trinajstić information content (AvgIpc) is 2.38. The number of hydrogen-bond donors (Lipinski definition) is 1. The van der Waals surface area contributed by atoms with E-state index in [1.165, 1.54) is 34.8 Å². The highest BCUT2D eigenvalue weighted by Crippen LogP contribution is 2.26. The largest absolute Gasteiger partial charge is 0.313 e. The molecule has 0 aromatic heterocycles. The first kappa shape index (κ1) is 14.4. The highest BCUT2D eigenvalue weighted by Gasteiger charge is 2.34. The van der Waals surface area contributed by atoms with Crippen molar-refractivity contribution in [2.24, 2.45) is 0 Å². The quantitative estimate of drug-likeness (QED) is 0.885. The fraction of sp³-hybridized carbons (Fsp3) is 0.500. The summed E-state index contributed by atoms with van der Waals surface area (Å²) in [6.07, 6.45) is 0. The Morgan fingerprint density at radius 3 is 2.79 bits per heavy atom. The molecule has 0 saturated carbocycles. The lowest BCUT2D eigenvalue weighted by atomic mass is 10.1. The molecule has 5 nitrogen and oxygen atoms in total. The van der Waals surface area contributed by atoms with Gasteiger partial charge in [0.1, 0.15) is 5.82 Å². The van der Waals surface area contributed by atoms with Crippen LogP contribution < -0.4 is 5.32 Å². The molecule has 1 N–H and O–H groups in total. The molecule has 1 atom stereocenters. The number of piperazine rings is 1. The van der Waals surface area contributed by atoms with E-state index in [1.54, 1.807) is 12.1 Å². The molecule has 1 heterocycles. The van der Waals surface area contributed by atoms with Crippen LogP contribution in [0.2, 0.25) is 0 Å². The molecule has 1 unspecified atom stereocenters. The second-order valence-corrected chi connectivity index (χ2v) is 6.77. The van der Waals surface area contributed by atoms with Crippen LogP contribution in [-0.4, -0.2) is 50.8 Å². The normalized spacial score (nSPS) is 21.8. The van der Waals surface area contributed by atoms with Crippen LogP contribution in [0.15, 0.2) is 24.3 Å². The molecule has 7 heteroatoms. The molecule has 0 aliphatic carbocycles. The first-order valence-corrected chi connectivity index (χ1v) is 7.48. The van der Waals surface area contributed by atoms with Gasteiger partial charge in [0.05, 0.1) is 6.04 Å². The van der Waals surface area contributed by atoms with Crippen molar-refractivity contribution in [2.45, 2.75) is 6.04 Å². The average molecular weight is 287 g/mol. The van der Waals surface area contributed by atoms with Crippen molar-refractivity contribution in [3.05, 3.63) is 35.6 Å². The van der Waals surface area contributed by atoms with E-state index in [0.717, 1.165) is 0 Å². The molecular weight excluding hydrogens is 269 g/mol. The van der Waals surface area contributed by atoms with Gasteiger partial charge in [-0.25, -0.2) is 4.39 Å². The van der Waals surface area contributed by atoms with Crippen LogP contribution in [0.5, 0.6) is 0 Å². The summed E-state index contributed by atoms with van der Waals surface area (Å²) in [5, 5.41) is 3.15. The van der Waals surface area contributed by atoms with Gasteiger partial charge in [-0.05, 0) is 17.7 Å². The summed E-state index contributed by atoms with van der Waals surface area (Å²) in [6.45, 7) is 1.46. The minimum atomic E-state index is -3.51. The van der Waals surface area contributed by atoms with Gasteiger partial charge in [-0.2, -0.15) is 17.0 Å². The summed E-state index contributed by atoms with van der Waals surface area (Å²) in [5.41, 5.74) is 0.664. The van der Waals surface area contributed by atoms with Crippen LogP contribution in [0, 0.1) is 5.82 Å². The Bertz CT molecular complexity index is 548. The third-order valence-corrected chi connectivity index (χ3v) is 5.14. The molecule has 1 aromatic carbocycles. The van der Waals surface area contributed by atoms with Crippen molar-refractivity contribution in [3.8, 4) is 0 Å². The summed E-state index contributed by atoms with van der Waals surface area (Å²) >= 11 is 0. The van der Waals surface area contributed by atoms with Crippen molar-refractivity contribution in [1.29, 1.82) is 0 Å². The Labute approximate surface area is 113 Å². The molecule has 1 fully saturated rings. The summed E-state index contributed by atoms with van der Waals surface area (Å²) in [5.74, 6) is -0.356. The summed E-state index contributed by atoms with van der Waals surface area (Å²) < 4.78 is 40.5. The SMILES string of the molecule is CN(C)S(=O)(=O)N1CCNCC1c1cccc(F)c1. The van der Waals surface area contributed by atoms with Crippen LogP contribution in [0.3, 0.4) is 0 Å². The maximum absolute atomic E-state index is 13.3. The Balaban J connectivity index is 2.36. The second kappa shape index (κ2) is 5.54. The smallest absolute Gasteiger partial charge is 0.282 e. The lowest BCUT2D eigenvalue weighted by Crippen LogP contribution is -2.51. The number of hydrogen-bond acceptors (Lipinski definition) is 3. The number of halogens is 1. The van der Waals surface area contributed by atoms with Crippen molar-refractivity contribution < 1.29 is 12.8 Å². The number of nitrogens with one attached hydrogen (secondary N) is 1. The first-order valence-electron chi connectivity index (χ1n) is 6.08. The molecule has 0 spiro atoms. The summed E-state index contributed by atoms with van der Waals surface area (Å²) in [4.78, 5) is 0. The maximum atomic E-state index is 13.3. The van der Waals surface area contributed by atoms with Crippen LogP contribution in [0.1, 0.15) is 11.6 Å². The third-order valence-electron chi connectivity index (χ3n) is 3.19. The Kier molecular flexibility index (Phi) is 4.19. The minimum absolute atomic E-state index is 0.356. The molecule has 1 saturated heterocycles. The van der Waals surface area contributed by atoms with Crippen LogP contribution in [0.4, 0.5) is 4.39 Å². The fourth-order valence-electron chi connectivity index (χ4n) is 2.17. The predicted molar refractivity (Wildman–Crippen MR) is 71.3 cm³/mol. The molecule has 0 bridgehead atoms. The molecule has 1 aromatic rings. The van der Waals surface area contributed by atoms with E-state index in [9.17, 15) is 12.8 Å². The molecule has 0 radical (unpaired) electrons. The maximum Gasteiger partial charge on any atom is 0.282 e. The van der Waals surface area contributed by atoms with Crippen molar-refractivity contribution >= 4 is 10.2 Å². The molecule has 1 aliphatic heterocycles. The van der Waals surface area contributed by atoms with Gasteiger partial charge in [0.15, 0.2) is 0 Å². The molecule has 0 amide bonds. The highest BCUT2D eigenvalue weighted by atomic mass is 32.2. The van der Waals surface area contributed by atoms with Gasteiger partial charge in [0.2, 0.25) is 0 Å². The number of benzene rings is 1. The van der Waals surface area contributed by atoms with Gasteiger partial charge < -0.3 is 5.32 Å². The van der Waals surface area contributed by atoms with E-state index in [1.807, 2.05) is 0 Å². The predicted octanol–water partition coefficient (Wildman–Crippen LogP) is 0.578. The van der Waals surface area contributed by atoms with Crippen molar-refractivity contribution in [2.75, 3.05) is 33.7 Å². The highest BCUT2D eigenvalue weighted by molar-refractivity contribution is 7.86. The second-order valence-electron chi connectivity index (χ2n) is 4.68. The molecule has 1 aliphatic rings. The Hall–Kier alpha value is -1.02. The first-order chi connectivity index (χ1) is 8.93. The summed E-state index contributed by atoms with van der Waals surface area (Å²) in [6, 6.07) is 5.70. The standard InChI is InChI=1S/C12H18FN3O2S/c1-15(2)19(17,18)16-7-6-14-9-12(16)10-4-3-5-11(13)8-10/h3-5,8,12,14H,6-7,9H2,1-2H3. The third kappa shape index (κ3) is 2.94. The fourth-order valence-corrected chi connectivity index (χ4v) is 3.43. The zero-order valence-corrected chi connectivity index (χ0v) is 11.8. The lowest BCUT2D eigenvalue weighted by Gasteiger charge is -2.36. The van der Waals surface area contributed by atoms with Gasteiger partial charge >= 0.3 is 0 Å². The summed E-state index contributed by atoms with van der Waals surface area (Å²) in [7, 11) is -0.506. The minimum Gasteiger partial charge on any atom is -0.313 e. The van der Waals surface area contributed by atoms with Gasteiger partial charge in [-0.15, -0.1) is 0 Å². The Morgan fingerprint density at radius 2 is 2.16 bits per heavy atom. The topological polar surface area (TPSA) is 52.7 Å². The van der Waals surface area contributed by atoms with Crippen LogP contribution in [0.25, 0.3) is 0 Å². The van der Waals surface area contributed by atoms with Crippen molar-refractivity contribution in [1.82, 2.24) is 13.9 Å². The number of nitrogens with zero attached hydrogens (tertiary/aromatic N) is 2. The van der Waals surface area contributed by atoms with E-state index >= 15 is 0 Å². The van der Waals surface area contributed by atoms with E-state index in [-0.39, 0.29) is 11.9 Å². The molecule has 19 heavy (non-hydrogen) atoms. The molecular formula is C12H18FN3O2S. The van der Waals surface area contributed by atoms with Gasteiger partial charge in [-0.1, -0.05) is 12.1 Å². The van der Waals surface area contributed by atoms with E-state index in [4.69, 9.17) is 0 Å². The van der Waals surface area contributed by atoms with Crippen LogP contribution in [-0.2, 0) is 10.2 Å². The monoisotopic (exact) mass is 287 g/mol. The van der Waals surface area contributed by atoms with Gasteiger partial charge in [-0.3, -0.25) is 0 Å². The molecule has 2 rings (SSSR count). The van der Waals surface area contributed by atoms with Crippen molar-refractivity contribution in [3.63, 3.8) is 0 Å². The molecule has 106 valence electrons.